The van der Waals surface area contributed by atoms with E-state index < -0.39 is 0 Å². The first kappa shape index (κ1) is 12.2. The Labute approximate surface area is 92.1 Å². The van der Waals surface area contributed by atoms with E-state index in [0.29, 0.717) is 18.9 Å². The molecule has 0 heterocycles. The number of hydrogen-bond acceptors (Lipinski definition) is 2. The summed E-state index contributed by atoms with van der Waals surface area (Å²) >= 11 is 0. The second kappa shape index (κ2) is 5.31. The zero-order valence-corrected chi connectivity index (χ0v) is 9.59. The van der Waals surface area contributed by atoms with Crippen LogP contribution in [0, 0.1) is 5.92 Å². The van der Waals surface area contributed by atoms with E-state index in [-0.39, 0.29) is 11.4 Å². The fraction of sp³-hybridized carbons (Fsp3) is 0.750. The van der Waals surface area contributed by atoms with Gasteiger partial charge in [0.25, 0.3) is 0 Å². The van der Waals surface area contributed by atoms with Gasteiger partial charge in [-0.15, -0.1) is 6.58 Å². The van der Waals surface area contributed by atoms with Crippen molar-refractivity contribution in [2.45, 2.75) is 44.6 Å². The van der Waals surface area contributed by atoms with Gasteiger partial charge in [-0.05, 0) is 38.5 Å². The molecule has 0 aromatic carbocycles. The van der Waals surface area contributed by atoms with Gasteiger partial charge in [0.05, 0.1) is 5.54 Å². The molecule has 1 amide bonds. The molecule has 0 aromatic rings. The standard InChI is InChI=1S/C12H22N2O/c1-3-4-5-6-11(15)14-12(2,9-13)10-7-8-10/h3,10H,1,4-9,13H2,2H3,(H,14,15). The van der Waals surface area contributed by atoms with Crippen LogP contribution < -0.4 is 11.1 Å². The number of allylic oxidation sites excluding steroid dienone is 1. The third-order valence-corrected chi connectivity index (χ3v) is 3.14. The number of unbranched alkanes of at least 4 members (excludes halogenated alkanes) is 1. The zero-order valence-electron chi connectivity index (χ0n) is 9.59. The summed E-state index contributed by atoms with van der Waals surface area (Å²) in [7, 11) is 0. The maximum Gasteiger partial charge on any atom is 0.220 e. The number of amides is 1. The Morgan fingerprint density at radius 3 is 2.80 bits per heavy atom. The lowest BCUT2D eigenvalue weighted by Gasteiger charge is -2.29. The molecule has 86 valence electrons. The van der Waals surface area contributed by atoms with Crippen molar-refractivity contribution in [1.82, 2.24) is 5.32 Å². The van der Waals surface area contributed by atoms with E-state index in [9.17, 15) is 4.79 Å². The lowest BCUT2D eigenvalue weighted by Crippen LogP contribution is -2.53. The van der Waals surface area contributed by atoms with Crippen LogP contribution in [0.5, 0.6) is 0 Å². The number of carbonyl (C=O) groups is 1. The van der Waals surface area contributed by atoms with Crippen molar-refractivity contribution in [3.63, 3.8) is 0 Å². The summed E-state index contributed by atoms with van der Waals surface area (Å²) in [5.41, 5.74) is 5.54. The van der Waals surface area contributed by atoms with E-state index in [1.165, 1.54) is 12.8 Å². The first-order valence-corrected chi connectivity index (χ1v) is 5.74. The Morgan fingerprint density at radius 1 is 1.67 bits per heavy atom. The van der Waals surface area contributed by atoms with E-state index in [1.54, 1.807) is 0 Å². The van der Waals surface area contributed by atoms with Crippen LogP contribution in [-0.2, 0) is 4.79 Å². The highest BCUT2D eigenvalue weighted by Gasteiger charge is 2.41. The van der Waals surface area contributed by atoms with E-state index in [4.69, 9.17) is 5.73 Å². The first-order chi connectivity index (χ1) is 7.12. The molecule has 3 nitrogen and oxygen atoms in total. The molecule has 1 aliphatic carbocycles. The Kier molecular flexibility index (Phi) is 4.33. The molecule has 0 radical (unpaired) electrons. The molecule has 0 saturated heterocycles. The fourth-order valence-corrected chi connectivity index (χ4v) is 1.83. The van der Waals surface area contributed by atoms with Crippen LogP contribution in [0.15, 0.2) is 12.7 Å². The number of nitrogens with two attached hydrogens (primary N) is 1. The average molecular weight is 210 g/mol. The largest absolute Gasteiger partial charge is 0.349 e. The van der Waals surface area contributed by atoms with Gasteiger partial charge < -0.3 is 11.1 Å². The van der Waals surface area contributed by atoms with Crippen molar-refractivity contribution in [3.8, 4) is 0 Å². The van der Waals surface area contributed by atoms with E-state index in [0.717, 1.165) is 12.8 Å². The third-order valence-electron chi connectivity index (χ3n) is 3.14. The molecule has 0 aliphatic heterocycles. The summed E-state index contributed by atoms with van der Waals surface area (Å²) in [6.45, 7) is 6.22. The Morgan fingerprint density at radius 2 is 2.33 bits per heavy atom. The molecule has 15 heavy (non-hydrogen) atoms. The lowest BCUT2D eigenvalue weighted by atomic mass is 9.95. The summed E-state index contributed by atoms with van der Waals surface area (Å²) in [6, 6.07) is 0. The van der Waals surface area contributed by atoms with E-state index in [1.807, 2.05) is 6.08 Å². The van der Waals surface area contributed by atoms with E-state index >= 15 is 0 Å². The summed E-state index contributed by atoms with van der Waals surface area (Å²) in [5, 5.41) is 3.07. The van der Waals surface area contributed by atoms with Crippen LogP contribution in [0.2, 0.25) is 0 Å². The van der Waals surface area contributed by atoms with Gasteiger partial charge in [-0.25, -0.2) is 0 Å². The number of rotatable bonds is 7. The normalized spacial score (nSPS) is 19.3. The molecule has 1 rings (SSSR count). The third kappa shape index (κ3) is 3.67. The molecule has 0 aromatic heterocycles. The highest BCUT2D eigenvalue weighted by atomic mass is 16.1. The molecule has 3 heteroatoms. The quantitative estimate of drug-likeness (QED) is 0.495. The number of hydrogen-bond donors (Lipinski definition) is 2. The van der Waals surface area contributed by atoms with Crippen LogP contribution in [0.3, 0.4) is 0 Å². The summed E-state index contributed by atoms with van der Waals surface area (Å²) in [4.78, 5) is 11.6. The van der Waals surface area contributed by atoms with Crippen molar-refractivity contribution >= 4 is 5.91 Å². The van der Waals surface area contributed by atoms with Crippen LogP contribution >= 0.6 is 0 Å². The Balaban J connectivity index is 2.31. The van der Waals surface area contributed by atoms with Crippen molar-refractivity contribution in [2.75, 3.05) is 6.54 Å². The molecule has 0 bridgehead atoms. The highest BCUT2D eigenvalue weighted by molar-refractivity contribution is 5.76. The van der Waals surface area contributed by atoms with Gasteiger partial charge in [0.1, 0.15) is 0 Å². The molecule has 1 atom stereocenters. The minimum absolute atomic E-state index is 0.122. The Hall–Kier alpha value is -0.830. The van der Waals surface area contributed by atoms with Gasteiger partial charge in [0, 0.05) is 13.0 Å². The van der Waals surface area contributed by atoms with Gasteiger partial charge in [0.15, 0.2) is 0 Å². The van der Waals surface area contributed by atoms with Gasteiger partial charge in [-0.3, -0.25) is 4.79 Å². The van der Waals surface area contributed by atoms with Gasteiger partial charge in [0.2, 0.25) is 5.91 Å². The topological polar surface area (TPSA) is 55.1 Å². The van der Waals surface area contributed by atoms with Gasteiger partial charge >= 0.3 is 0 Å². The SMILES string of the molecule is C=CCCCC(=O)NC(C)(CN)C1CC1. The predicted molar refractivity (Wildman–Crippen MR) is 62.4 cm³/mol. The summed E-state index contributed by atoms with van der Waals surface area (Å²) < 4.78 is 0. The average Bonchev–Trinajstić information content (AvgIpc) is 3.01. The maximum atomic E-state index is 11.6. The van der Waals surface area contributed by atoms with Gasteiger partial charge in [-0.2, -0.15) is 0 Å². The summed E-state index contributed by atoms with van der Waals surface area (Å²) in [5.74, 6) is 0.711. The van der Waals surface area contributed by atoms with Crippen molar-refractivity contribution in [1.29, 1.82) is 0 Å². The van der Waals surface area contributed by atoms with Crippen molar-refractivity contribution in [2.24, 2.45) is 11.7 Å². The Bertz CT molecular complexity index is 236. The predicted octanol–water partition coefficient (Wildman–Crippen LogP) is 1.59. The molecule has 1 unspecified atom stereocenters. The second-order valence-corrected chi connectivity index (χ2v) is 4.62. The molecule has 1 aliphatic rings. The molecule has 1 fully saturated rings. The molecule has 1 saturated carbocycles. The summed E-state index contributed by atoms with van der Waals surface area (Å²) in [6.07, 6.45) is 6.59. The molecular weight excluding hydrogens is 188 g/mol. The first-order valence-electron chi connectivity index (χ1n) is 5.74. The smallest absolute Gasteiger partial charge is 0.220 e. The monoisotopic (exact) mass is 210 g/mol. The lowest BCUT2D eigenvalue weighted by molar-refractivity contribution is -0.123. The maximum absolute atomic E-state index is 11.6. The number of nitrogens with one attached hydrogen (secondary N) is 1. The van der Waals surface area contributed by atoms with E-state index in [2.05, 4.69) is 18.8 Å². The van der Waals surface area contributed by atoms with Crippen LogP contribution in [0.4, 0.5) is 0 Å². The van der Waals surface area contributed by atoms with Crippen molar-refractivity contribution in [3.05, 3.63) is 12.7 Å². The minimum Gasteiger partial charge on any atom is -0.349 e. The van der Waals surface area contributed by atoms with Crippen LogP contribution in [0.25, 0.3) is 0 Å². The second-order valence-electron chi connectivity index (χ2n) is 4.62. The van der Waals surface area contributed by atoms with Crippen LogP contribution in [-0.4, -0.2) is 18.0 Å². The van der Waals surface area contributed by atoms with Crippen molar-refractivity contribution < 1.29 is 4.79 Å². The molecule has 0 spiro atoms. The fourth-order valence-electron chi connectivity index (χ4n) is 1.83. The molecular formula is C12H22N2O. The highest BCUT2D eigenvalue weighted by Crippen LogP contribution is 2.38. The van der Waals surface area contributed by atoms with Gasteiger partial charge in [-0.1, -0.05) is 6.08 Å². The molecule has 3 N–H and O–H groups in total. The number of carbonyl (C=O) groups excluding carboxylic acids is 1. The minimum atomic E-state index is -0.175. The zero-order chi connectivity index (χ0) is 11.3. The van der Waals surface area contributed by atoms with Crippen LogP contribution in [0.1, 0.15) is 39.0 Å².